The Morgan fingerprint density at radius 2 is 2.19 bits per heavy atom. The Hall–Kier alpha value is -1.30. The summed E-state index contributed by atoms with van der Waals surface area (Å²) >= 11 is 0. The van der Waals surface area contributed by atoms with Gasteiger partial charge in [0.1, 0.15) is 11.5 Å². The van der Waals surface area contributed by atoms with Crippen LogP contribution in [0.15, 0.2) is 18.2 Å². The molecule has 1 aliphatic heterocycles. The highest BCUT2D eigenvalue weighted by molar-refractivity contribution is 5.40. The summed E-state index contributed by atoms with van der Waals surface area (Å²) in [6.07, 6.45) is -1.18. The summed E-state index contributed by atoms with van der Waals surface area (Å²) in [6.45, 7) is 5.57. The number of pyridine rings is 1. The maximum absolute atomic E-state index is 12.7. The van der Waals surface area contributed by atoms with E-state index in [0.717, 1.165) is 51.5 Å². The Morgan fingerprint density at radius 1 is 1.38 bits per heavy atom. The van der Waals surface area contributed by atoms with E-state index in [2.05, 4.69) is 17.2 Å². The molecule has 21 heavy (non-hydrogen) atoms. The average Bonchev–Trinajstić information content (AvgIpc) is 2.47. The molecule has 0 aromatic carbocycles. The van der Waals surface area contributed by atoms with Gasteiger partial charge >= 0.3 is 6.18 Å². The van der Waals surface area contributed by atoms with Gasteiger partial charge < -0.3 is 10.2 Å². The molecule has 1 fully saturated rings. The molecule has 0 amide bonds. The largest absolute Gasteiger partial charge is 0.433 e. The lowest BCUT2D eigenvalue weighted by Gasteiger charge is -2.34. The molecule has 1 aromatic rings. The van der Waals surface area contributed by atoms with Crippen LogP contribution in [-0.4, -0.2) is 31.2 Å². The summed E-state index contributed by atoms with van der Waals surface area (Å²) < 4.78 is 38.2. The highest BCUT2D eigenvalue weighted by atomic mass is 19.4. The summed E-state index contributed by atoms with van der Waals surface area (Å²) in [5.41, 5.74) is -0.814. The lowest BCUT2D eigenvalue weighted by atomic mass is 9.98. The van der Waals surface area contributed by atoms with Gasteiger partial charge in [0, 0.05) is 13.1 Å². The van der Waals surface area contributed by atoms with Crippen LogP contribution in [-0.2, 0) is 6.18 Å². The molecule has 0 spiro atoms. The van der Waals surface area contributed by atoms with E-state index in [1.54, 1.807) is 6.07 Å². The van der Waals surface area contributed by atoms with Gasteiger partial charge in [-0.1, -0.05) is 13.0 Å². The number of hydrogen-bond donors (Lipinski definition) is 1. The van der Waals surface area contributed by atoms with Gasteiger partial charge in [0.15, 0.2) is 0 Å². The summed E-state index contributed by atoms with van der Waals surface area (Å²) in [5, 5.41) is 3.39. The fraction of sp³-hybridized carbons (Fsp3) is 0.667. The van der Waals surface area contributed by atoms with Crippen LogP contribution in [0.2, 0.25) is 0 Å². The minimum Gasteiger partial charge on any atom is -0.356 e. The van der Waals surface area contributed by atoms with Gasteiger partial charge in [0.05, 0.1) is 0 Å². The van der Waals surface area contributed by atoms with E-state index < -0.39 is 11.9 Å². The number of halogens is 3. The smallest absolute Gasteiger partial charge is 0.356 e. The van der Waals surface area contributed by atoms with Crippen molar-refractivity contribution in [2.24, 2.45) is 5.92 Å². The summed E-state index contributed by atoms with van der Waals surface area (Å²) in [5.74, 6) is 0.909. The van der Waals surface area contributed by atoms with Crippen LogP contribution in [0.3, 0.4) is 0 Å². The molecule has 1 N–H and O–H groups in total. The van der Waals surface area contributed by atoms with Gasteiger partial charge in [-0.2, -0.15) is 13.2 Å². The Bertz CT molecular complexity index is 448. The van der Waals surface area contributed by atoms with Crippen molar-refractivity contribution in [3.63, 3.8) is 0 Å². The van der Waals surface area contributed by atoms with E-state index in [1.807, 2.05) is 4.90 Å². The Kier molecular flexibility index (Phi) is 5.45. The van der Waals surface area contributed by atoms with Gasteiger partial charge in [-0.15, -0.1) is 0 Å². The predicted octanol–water partition coefficient (Wildman–Crippen LogP) is 3.32. The third-order valence-corrected chi connectivity index (χ3v) is 3.73. The second kappa shape index (κ2) is 7.11. The molecule has 1 aliphatic rings. The molecule has 118 valence electrons. The maximum Gasteiger partial charge on any atom is 0.433 e. The zero-order chi connectivity index (χ0) is 15.3. The van der Waals surface area contributed by atoms with Crippen molar-refractivity contribution >= 4 is 5.82 Å². The van der Waals surface area contributed by atoms with E-state index in [9.17, 15) is 13.2 Å². The van der Waals surface area contributed by atoms with Crippen LogP contribution in [0.25, 0.3) is 0 Å². The summed E-state index contributed by atoms with van der Waals surface area (Å²) in [6, 6.07) is 4.12. The van der Waals surface area contributed by atoms with Crippen LogP contribution in [0, 0.1) is 5.92 Å². The lowest BCUT2D eigenvalue weighted by molar-refractivity contribution is -0.141. The molecular weight excluding hydrogens is 279 g/mol. The van der Waals surface area contributed by atoms with Crippen molar-refractivity contribution in [1.29, 1.82) is 0 Å². The molecule has 2 heterocycles. The Morgan fingerprint density at radius 3 is 2.90 bits per heavy atom. The highest BCUT2D eigenvalue weighted by Gasteiger charge is 2.33. The number of aromatic nitrogens is 1. The first-order chi connectivity index (χ1) is 10.0. The number of nitrogens with one attached hydrogen (secondary N) is 1. The van der Waals surface area contributed by atoms with Crippen LogP contribution in [0.4, 0.5) is 19.0 Å². The molecule has 0 saturated carbocycles. The molecule has 0 radical (unpaired) electrons. The number of rotatable bonds is 5. The molecule has 1 aromatic heterocycles. The molecular formula is C15H22F3N3. The van der Waals surface area contributed by atoms with E-state index in [1.165, 1.54) is 6.07 Å². The van der Waals surface area contributed by atoms with Crippen molar-refractivity contribution in [3.05, 3.63) is 23.9 Å². The molecule has 6 heteroatoms. The Balaban J connectivity index is 2.00. The first-order valence-corrected chi connectivity index (χ1v) is 7.50. The predicted molar refractivity (Wildman–Crippen MR) is 77.3 cm³/mol. The van der Waals surface area contributed by atoms with Crippen molar-refractivity contribution in [1.82, 2.24) is 10.3 Å². The Labute approximate surface area is 123 Å². The SMILES string of the molecule is CCCNCC1CCCN(c2cccc(C(F)(F)F)n2)C1. The van der Waals surface area contributed by atoms with E-state index in [0.29, 0.717) is 11.7 Å². The van der Waals surface area contributed by atoms with Crippen molar-refractivity contribution in [2.75, 3.05) is 31.1 Å². The highest BCUT2D eigenvalue weighted by Crippen LogP contribution is 2.30. The van der Waals surface area contributed by atoms with Gasteiger partial charge in [0.25, 0.3) is 0 Å². The molecule has 1 unspecified atom stereocenters. The number of alkyl halides is 3. The molecule has 3 nitrogen and oxygen atoms in total. The molecule has 0 bridgehead atoms. The fourth-order valence-electron chi connectivity index (χ4n) is 2.68. The van der Waals surface area contributed by atoms with Crippen LogP contribution in [0.1, 0.15) is 31.9 Å². The normalized spacial score (nSPS) is 19.8. The zero-order valence-corrected chi connectivity index (χ0v) is 12.3. The number of anilines is 1. The minimum atomic E-state index is -4.38. The van der Waals surface area contributed by atoms with Gasteiger partial charge in [-0.05, 0) is 50.4 Å². The minimum absolute atomic E-state index is 0.435. The zero-order valence-electron chi connectivity index (χ0n) is 12.3. The van der Waals surface area contributed by atoms with Crippen LogP contribution in [0.5, 0.6) is 0 Å². The van der Waals surface area contributed by atoms with E-state index in [-0.39, 0.29) is 0 Å². The molecule has 1 saturated heterocycles. The third-order valence-electron chi connectivity index (χ3n) is 3.73. The summed E-state index contributed by atoms with van der Waals surface area (Å²) in [4.78, 5) is 5.75. The van der Waals surface area contributed by atoms with Gasteiger partial charge in [-0.3, -0.25) is 0 Å². The second-order valence-electron chi connectivity index (χ2n) is 5.54. The number of hydrogen-bond acceptors (Lipinski definition) is 3. The average molecular weight is 301 g/mol. The first-order valence-electron chi connectivity index (χ1n) is 7.50. The maximum atomic E-state index is 12.7. The van der Waals surface area contributed by atoms with Crippen molar-refractivity contribution in [3.8, 4) is 0 Å². The van der Waals surface area contributed by atoms with Crippen LogP contribution < -0.4 is 10.2 Å². The quantitative estimate of drug-likeness (QED) is 0.846. The first kappa shape index (κ1) is 16.1. The molecule has 1 atom stereocenters. The van der Waals surface area contributed by atoms with Crippen molar-refractivity contribution in [2.45, 2.75) is 32.4 Å². The standard InChI is InChI=1S/C15H22F3N3/c1-2-8-19-10-12-5-4-9-21(11-12)14-7-3-6-13(20-14)15(16,17)18/h3,6-7,12,19H,2,4-5,8-11H2,1H3. The van der Waals surface area contributed by atoms with Crippen LogP contribution >= 0.6 is 0 Å². The number of nitrogens with zero attached hydrogens (tertiary/aromatic N) is 2. The fourth-order valence-corrected chi connectivity index (χ4v) is 2.68. The second-order valence-corrected chi connectivity index (χ2v) is 5.54. The van der Waals surface area contributed by atoms with Gasteiger partial charge in [0.2, 0.25) is 0 Å². The van der Waals surface area contributed by atoms with E-state index in [4.69, 9.17) is 0 Å². The third kappa shape index (κ3) is 4.59. The summed E-state index contributed by atoms with van der Waals surface area (Å²) in [7, 11) is 0. The topological polar surface area (TPSA) is 28.2 Å². The molecule has 2 rings (SSSR count). The van der Waals surface area contributed by atoms with E-state index >= 15 is 0 Å². The lowest BCUT2D eigenvalue weighted by Crippen LogP contribution is -2.40. The number of piperidine rings is 1. The van der Waals surface area contributed by atoms with Gasteiger partial charge in [-0.25, -0.2) is 4.98 Å². The van der Waals surface area contributed by atoms with Crippen molar-refractivity contribution < 1.29 is 13.2 Å². The monoisotopic (exact) mass is 301 g/mol. The molecule has 0 aliphatic carbocycles.